The van der Waals surface area contributed by atoms with Crippen molar-refractivity contribution < 1.29 is 4.79 Å². The molecule has 1 heterocycles. The number of para-hydroxylation sites is 1. The van der Waals surface area contributed by atoms with E-state index in [1.165, 1.54) is 5.56 Å². The zero-order valence-electron chi connectivity index (χ0n) is 17.8. The minimum absolute atomic E-state index is 0.355. The normalized spacial score (nSPS) is 15.4. The smallest absolute Gasteiger partial charge is 0.276 e. The van der Waals surface area contributed by atoms with Crippen LogP contribution >= 0.6 is 34.8 Å². The third kappa shape index (κ3) is 6.88. The summed E-state index contributed by atoms with van der Waals surface area (Å²) in [6, 6.07) is 18.5. The Morgan fingerprint density at radius 2 is 1.61 bits per heavy atom. The number of allylic oxidation sites excluding steroid dienone is 1. The molecule has 0 bridgehead atoms. The highest BCUT2D eigenvalue weighted by molar-refractivity contribution is 6.76. The van der Waals surface area contributed by atoms with E-state index < -0.39 is 9.70 Å². The molecule has 1 amide bonds. The van der Waals surface area contributed by atoms with Gasteiger partial charge in [-0.05, 0) is 38.3 Å². The lowest BCUT2D eigenvalue weighted by atomic mass is 10.00. The number of nitrogens with one attached hydrogen (secondary N) is 2. The fourth-order valence-corrected chi connectivity index (χ4v) is 3.92. The third-order valence-electron chi connectivity index (χ3n) is 5.39. The molecule has 3 rings (SSSR count). The average molecular weight is 481 g/mol. The van der Waals surface area contributed by atoms with Crippen LogP contribution in [-0.2, 0) is 11.3 Å². The van der Waals surface area contributed by atoms with E-state index in [4.69, 9.17) is 34.8 Å². The first-order valence-corrected chi connectivity index (χ1v) is 11.6. The number of carbonyl (C=O) groups excluding carboxylic acids is 1. The summed E-state index contributed by atoms with van der Waals surface area (Å²) in [6.45, 7) is 7.16. The number of nitrogens with zero attached hydrogens (tertiary/aromatic N) is 1. The summed E-state index contributed by atoms with van der Waals surface area (Å²) in [5.74, 6) is -0.674. The van der Waals surface area contributed by atoms with Gasteiger partial charge in [0.1, 0.15) is 0 Å². The monoisotopic (exact) mass is 479 g/mol. The molecule has 0 spiro atoms. The molecule has 1 aliphatic heterocycles. The minimum atomic E-state index is -2.02. The minimum Gasteiger partial charge on any atom is -0.382 e. The molecule has 0 saturated carbocycles. The molecule has 1 fully saturated rings. The largest absolute Gasteiger partial charge is 0.382 e. The molecule has 1 aliphatic rings. The van der Waals surface area contributed by atoms with Crippen LogP contribution in [-0.4, -0.2) is 33.7 Å². The predicted octanol–water partition coefficient (Wildman–Crippen LogP) is 6.00. The maximum absolute atomic E-state index is 12.2. The van der Waals surface area contributed by atoms with Crippen LogP contribution in [0.3, 0.4) is 0 Å². The number of rotatable bonds is 6. The number of anilines is 1. The van der Waals surface area contributed by atoms with Crippen LogP contribution in [0.2, 0.25) is 0 Å². The molecule has 0 aliphatic carbocycles. The van der Waals surface area contributed by atoms with Crippen molar-refractivity contribution >= 4 is 52.1 Å². The lowest BCUT2D eigenvalue weighted by Crippen LogP contribution is -2.41. The summed E-state index contributed by atoms with van der Waals surface area (Å²) in [7, 11) is 0. The molecule has 0 radical (unpaired) electrons. The number of carbonyl (C=O) groups is 1. The van der Waals surface area contributed by atoms with E-state index in [1.807, 2.05) is 30.3 Å². The molecule has 166 valence electrons. The first-order chi connectivity index (χ1) is 14.7. The molecule has 0 aromatic heterocycles. The summed E-state index contributed by atoms with van der Waals surface area (Å²) in [4.78, 5) is 14.7. The van der Waals surface area contributed by atoms with Gasteiger partial charge in [0.25, 0.3) is 9.70 Å². The lowest BCUT2D eigenvalue weighted by molar-refractivity contribution is -0.115. The summed E-state index contributed by atoms with van der Waals surface area (Å²) in [5, 5.41) is 6.45. The van der Waals surface area contributed by atoms with Gasteiger partial charge in [0.2, 0.25) is 0 Å². The Morgan fingerprint density at radius 3 is 2.23 bits per heavy atom. The summed E-state index contributed by atoms with van der Waals surface area (Å²) >= 11 is 17.2. The zero-order chi connectivity index (χ0) is 22.4. The Labute approximate surface area is 199 Å². The van der Waals surface area contributed by atoms with Gasteiger partial charge >= 0.3 is 0 Å². The van der Waals surface area contributed by atoms with Gasteiger partial charge in [0.15, 0.2) is 0 Å². The van der Waals surface area contributed by atoms with E-state index in [9.17, 15) is 4.79 Å². The van der Waals surface area contributed by atoms with Gasteiger partial charge in [0.05, 0.1) is 5.69 Å². The number of benzene rings is 2. The Balaban J connectivity index is 1.67. The first-order valence-electron chi connectivity index (χ1n) is 10.4. The van der Waals surface area contributed by atoms with Crippen molar-refractivity contribution in [1.29, 1.82) is 0 Å². The van der Waals surface area contributed by atoms with Gasteiger partial charge < -0.3 is 10.6 Å². The van der Waals surface area contributed by atoms with Crippen LogP contribution in [0.5, 0.6) is 0 Å². The highest BCUT2D eigenvalue weighted by Crippen LogP contribution is 2.31. The quantitative estimate of drug-likeness (QED) is 0.498. The van der Waals surface area contributed by atoms with Crippen molar-refractivity contribution in [2.24, 2.45) is 0 Å². The predicted molar refractivity (Wildman–Crippen MR) is 132 cm³/mol. The average Bonchev–Trinajstić information content (AvgIpc) is 2.73. The van der Waals surface area contributed by atoms with E-state index in [0.717, 1.165) is 49.3 Å². The van der Waals surface area contributed by atoms with E-state index in [0.29, 0.717) is 11.7 Å². The van der Waals surface area contributed by atoms with Crippen molar-refractivity contribution in [3.05, 3.63) is 71.3 Å². The molecule has 7 heteroatoms. The zero-order valence-corrected chi connectivity index (χ0v) is 20.1. The molecule has 0 unspecified atom stereocenters. The van der Waals surface area contributed by atoms with Crippen molar-refractivity contribution in [3.63, 3.8) is 0 Å². The van der Waals surface area contributed by atoms with Crippen LogP contribution < -0.4 is 10.6 Å². The highest BCUT2D eigenvalue weighted by Gasteiger charge is 2.31. The number of hydrogen-bond donors (Lipinski definition) is 2. The fraction of sp³-hybridized carbons (Fsp3) is 0.375. The summed E-state index contributed by atoms with van der Waals surface area (Å²) in [5.41, 5.74) is 4.97. The molecule has 2 aromatic rings. The van der Waals surface area contributed by atoms with E-state index in [2.05, 4.69) is 53.6 Å². The van der Waals surface area contributed by atoms with Gasteiger partial charge in [-0.15, -0.1) is 0 Å². The second kappa shape index (κ2) is 10.7. The van der Waals surface area contributed by atoms with E-state index in [-0.39, 0.29) is 0 Å². The van der Waals surface area contributed by atoms with Crippen LogP contribution in [0.1, 0.15) is 37.8 Å². The fourth-order valence-electron chi connectivity index (χ4n) is 3.78. The van der Waals surface area contributed by atoms with E-state index in [1.54, 1.807) is 0 Å². The highest BCUT2D eigenvalue weighted by atomic mass is 35.6. The SMILES string of the molecule is CC(C)=C(NC1CCN(Cc2ccccc2)CC1)c1ccccc1NC(=O)C(Cl)(Cl)Cl. The maximum atomic E-state index is 12.2. The second-order valence-electron chi connectivity index (χ2n) is 8.05. The number of hydrogen-bond acceptors (Lipinski definition) is 3. The molecule has 4 nitrogen and oxygen atoms in total. The molecule has 0 atom stereocenters. The summed E-state index contributed by atoms with van der Waals surface area (Å²) < 4.78 is -2.02. The Hall–Kier alpha value is -1.72. The van der Waals surface area contributed by atoms with Crippen molar-refractivity contribution in [1.82, 2.24) is 10.2 Å². The van der Waals surface area contributed by atoms with Crippen LogP contribution in [0, 0.1) is 0 Å². The molecule has 2 N–H and O–H groups in total. The second-order valence-corrected chi connectivity index (χ2v) is 10.3. The van der Waals surface area contributed by atoms with E-state index >= 15 is 0 Å². The van der Waals surface area contributed by atoms with Gasteiger partial charge in [-0.1, -0.05) is 88.9 Å². The number of piperidine rings is 1. The Morgan fingerprint density at radius 1 is 1.00 bits per heavy atom. The summed E-state index contributed by atoms with van der Waals surface area (Å²) in [6.07, 6.45) is 2.10. The third-order valence-corrected chi connectivity index (χ3v) is 5.90. The lowest BCUT2D eigenvalue weighted by Gasteiger charge is -2.34. The Bertz CT molecular complexity index is 913. The molecule has 1 saturated heterocycles. The van der Waals surface area contributed by atoms with Gasteiger partial charge in [-0.2, -0.15) is 0 Å². The van der Waals surface area contributed by atoms with Gasteiger partial charge in [-0.3, -0.25) is 9.69 Å². The van der Waals surface area contributed by atoms with Crippen LogP contribution in [0.4, 0.5) is 5.69 Å². The number of likely N-dealkylation sites (tertiary alicyclic amines) is 1. The van der Waals surface area contributed by atoms with Gasteiger partial charge in [-0.25, -0.2) is 0 Å². The van der Waals surface area contributed by atoms with Crippen LogP contribution in [0.25, 0.3) is 5.70 Å². The molecular formula is C24H28Cl3N3O. The molecule has 31 heavy (non-hydrogen) atoms. The maximum Gasteiger partial charge on any atom is 0.276 e. The van der Waals surface area contributed by atoms with Gasteiger partial charge in [0, 0.05) is 36.9 Å². The topological polar surface area (TPSA) is 44.4 Å². The number of alkyl halides is 3. The number of halogens is 3. The van der Waals surface area contributed by atoms with Crippen molar-refractivity contribution in [3.8, 4) is 0 Å². The number of amides is 1. The molecular weight excluding hydrogens is 453 g/mol. The first kappa shape index (κ1) is 23.9. The Kier molecular flexibility index (Phi) is 8.29. The standard InChI is InChI=1S/C24H28Cl3N3O/c1-17(2)22(20-10-6-7-11-21(20)29-23(31)24(25,26)27)28-19-12-14-30(15-13-19)16-18-8-4-3-5-9-18/h3-11,19,28H,12-16H2,1-2H3,(H,29,31). The van der Waals surface area contributed by atoms with Crippen molar-refractivity contribution in [2.45, 2.75) is 43.1 Å². The van der Waals surface area contributed by atoms with Crippen LogP contribution in [0.15, 0.2) is 60.2 Å². The molecule has 2 aromatic carbocycles. The van der Waals surface area contributed by atoms with Crippen molar-refractivity contribution in [2.75, 3.05) is 18.4 Å².